The summed E-state index contributed by atoms with van der Waals surface area (Å²) < 4.78 is 2.16. The predicted octanol–water partition coefficient (Wildman–Crippen LogP) is 4.45. The molecule has 0 heterocycles. The third kappa shape index (κ3) is 3.41. The Hall–Kier alpha value is -0.640. The van der Waals surface area contributed by atoms with Gasteiger partial charge in [0, 0.05) is 15.0 Å². The van der Waals surface area contributed by atoms with Crippen LogP contribution in [0, 0.1) is 0 Å². The molecule has 0 fully saturated rings. The Balaban J connectivity index is 2.17. The van der Waals surface area contributed by atoms with Crippen molar-refractivity contribution in [1.29, 1.82) is 0 Å². The molecular weight excluding hydrogens is 342 g/mol. The SMILES string of the molecule is NC(Cc1cccc(Br)c1)c1ccccc1Br. The lowest BCUT2D eigenvalue weighted by Gasteiger charge is -2.14. The second-order valence-electron chi connectivity index (χ2n) is 3.96. The van der Waals surface area contributed by atoms with Crippen molar-refractivity contribution in [2.24, 2.45) is 5.73 Å². The Labute approximate surface area is 118 Å². The van der Waals surface area contributed by atoms with Crippen molar-refractivity contribution in [3.63, 3.8) is 0 Å². The number of nitrogens with two attached hydrogens (primary N) is 1. The van der Waals surface area contributed by atoms with E-state index >= 15 is 0 Å². The fourth-order valence-electron chi connectivity index (χ4n) is 1.80. The van der Waals surface area contributed by atoms with Gasteiger partial charge in [-0.2, -0.15) is 0 Å². The molecule has 0 aliphatic carbocycles. The van der Waals surface area contributed by atoms with Crippen molar-refractivity contribution < 1.29 is 0 Å². The fraction of sp³-hybridized carbons (Fsp3) is 0.143. The zero-order valence-corrected chi connectivity index (χ0v) is 12.4. The third-order valence-electron chi connectivity index (χ3n) is 2.65. The van der Waals surface area contributed by atoms with E-state index in [-0.39, 0.29) is 6.04 Å². The van der Waals surface area contributed by atoms with E-state index < -0.39 is 0 Å². The predicted molar refractivity (Wildman–Crippen MR) is 78.9 cm³/mol. The van der Waals surface area contributed by atoms with Gasteiger partial charge in [0.2, 0.25) is 0 Å². The van der Waals surface area contributed by atoms with Crippen LogP contribution in [0.1, 0.15) is 17.2 Å². The Morgan fingerprint density at radius 2 is 1.76 bits per heavy atom. The molecule has 0 amide bonds. The molecule has 2 N–H and O–H groups in total. The summed E-state index contributed by atoms with van der Waals surface area (Å²) in [6.45, 7) is 0. The number of hydrogen-bond acceptors (Lipinski definition) is 1. The summed E-state index contributed by atoms with van der Waals surface area (Å²) in [4.78, 5) is 0. The smallest absolute Gasteiger partial charge is 0.0347 e. The molecule has 1 unspecified atom stereocenters. The van der Waals surface area contributed by atoms with Gasteiger partial charge >= 0.3 is 0 Å². The summed E-state index contributed by atoms with van der Waals surface area (Å²) in [6, 6.07) is 16.4. The average Bonchev–Trinajstić information content (AvgIpc) is 2.29. The molecule has 2 aromatic rings. The monoisotopic (exact) mass is 353 g/mol. The lowest BCUT2D eigenvalue weighted by Crippen LogP contribution is -2.13. The molecule has 0 bridgehead atoms. The van der Waals surface area contributed by atoms with E-state index in [1.807, 2.05) is 30.3 Å². The lowest BCUT2D eigenvalue weighted by atomic mass is 10.00. The van der Waals surface area contributed by atoms with Gasteiger partial charge in [-0.15, -0.1) is 0 Å². The maximum Gasteiger partial charge on any atom is 0.0347 e. The highest BCUT2D eigenvalue weighted by Gasteiger charge is 2.10. The highest BCUT2D eigenvalue weighted by atomic mass is 79.9. The van der Waals surface area contributed by atoms with E-state index in [2.05, 4.69) is 50.1 Å². The standard InChI is InChI=1S/C14H13Br2N/c15-11-5-3-4-10(8-11)9-14(17)12-6-1-2-7-13(12)16/h1-8,14H,9,17H2. The van der Waals surface area contributed by atoms with E-state index in [4.69, 9.17) is 5.73 Å². The first-order valence-corrected chi connectivity index (χ1v) is 7.00. The van der Waals surface area contributed by atoms with Crippen LogP contribution in [-0.2, 0) is 6.42 Å². The molecule has 0 aliphatic rings. The topological polar surface area (TPSA) is 26.0 Å². The fourth-order valence-corrected chi connectivity index (χ4v) is 2.83. The molecule has 0 spiro atoms. The average molecular weight is 355 g/mol. The number of hydrogen-bond donors (Lipinski definition) is 1. The van der Waals surface area contributed by atoms with Gasteiger partial charge in [-0.25, -0.2) is 0 Å². The number of rotatable bonds is 3. The van der Waals surface area contributed by atoms with Gasteiger partial charge in [0.25, 0.3) is 0 Å². The number of halogens is 2. The maximum absolute atomic E-state index is 6.23. The van der Waals surface area contributed by atoms with Crippen molar-refractivity contribution in [3.8, 4) is 0 Å². The molecule has 0 aromatic heterocycles. The van der Waals surface area contributed by atoms with Crippen LogP contribution in [0.25, 0.3) is 0 Å². The molecule has 0 saturated heterocycles. The van der Waals surface area contributed by atoms with Gasteiger partial charge in [-0.1, -0.05) is 62.2 Å². The zero-order chi connectivity index (χ0) is 12.3. The summed E-state index contributed by atoms with van der Waals surface area (Å²) in [6.07, 6.45) is 0.835. The Morgan fingerprint density at radius 3 is 2.47 bits per heavy atom. The summed E-state index contributed by atoms with van der Waals surface area (Å²) in [7, 11) is 0. The molecule has 2 aromatic carbocycles. The largest absolute Gasteiger partial charge is 0.324 e. The quantitative estimate of drug-likeness (QED) is 0.865. The number of benzene rings is 2. The van der Waals surface area contributed by atoms with Gasteiger partial charge in [0.15, 0.2) is 0 Å². The first kappa shape index (κ1) is 12.8. The molecule has 3 heteroatoms. The summed E-state index contributed by atoms with van der Waals surface area (Å²) in [5.41, 5.74) is 8.62. The Kier molecular flexibility index (Phi) is 4.37. The van der Waals surface area contributed by atoms with Gasteiger partial charge in [-0.05, 0) is 35.7 Å². The van der Waals surface area contributed by atoms with Crippen LogP contribution < -0.4 is 5.73 Å². The molecule has 1 atom stereocenters. The van der Waals surface area contributed by atoms with Crippen molar-refractivity contribution in [2.45, 2.75) is 12.5 Å². The highest BCUT2D eigenvalue weighted by Crippen LogP contribution is 2.24. The minimum absolute atomic E-state index is 0.0138. The summed E-state index contributed by atoms with van der Waals surface area (Å²) >= 11 is 7.01. The van der Waals surface area contributed by atoms with Crippen molar-refractivity contribution >= 4 is 31.9 Å². The Morgan fingerprint density at radius 1 is 1.00 bits per heavy atom. The van der Waals surface area contributed by atoms with E-state index in [0.717, 1.165) is 20.9 Å². The summed E-state index contributed by atoms with van der Waals surface area (Å²) in [5.74, 6) is 0. The maximum atomic E-state index is 6.23. The van der Waals surface area contributed by atoms with Gasteiger partial charge in [-0.3, -0.25) is 0 Å². The van der Waals surface area contributed by atoms with Crippen LogP contribution in [0.2, 0.25) is 0 Å². The zero-order valence-electron chi connectivity index (χ0n) is 9.24. The molecule has 88 valence electrons. The molecule has 0 saturated carbocycles. The van der Waals surface area contributed by atoms with Crippen molar-refractivity contribution in [1.82, 2.24) is 0 Å². The van der Waals surface area contributed by atoms with Crippen molar-refractivity contribution in [3.05, 3.63) is 68.6 Å². The van der Waals surface area contributed by atoms with Gasteiger partial charge in [0.1, 0.15) is 0 Å². The van der Waals surface area contributed by atoms with E-state index in [1.165, 1.54) is 5.56 Å². The molecule has 0 aliphatic heterocycles. The highest BCUT2D eigenvalue weighted by molar-refractivity contribution is 9.10. The van der Waals surface area contributed by atoms with Crippen LogP contribution in [-0.4, -0.2) is 0 Å². The van der Waals surface area contributed by atoms with E-state index in [9.17, 15) is 0 Å². The first-order valence-electron chi connectivity index (χ1n) is 5.41. The van der Waals surface area contributed by atoms with E-state index in [1.54, 1.807) is 0 Å². The molecule has 2 rings (SSSR count). The van der Waals surface area contributed by atoms with Crippen LogP contribution in [0.3, 0.4) is 0 Å². The van der Waals surface area contributed by atoms with Gasteiger partial charge in [0.05, 0.1) is 0 Å². The summed E-state index contributed by atoms with van der Waals surface area (Å²) in [5, 5.41) is 0. The van der Waals surface area contributed by atoms with Crippen LogP contribution >= 0.6 is 31.9 Å². The van der Waals surface area contributed by atoms with Crippen LogP contribution in [0.4, 0.5) is 0 Å². The molecular formula is C14H13Br2N. The van der Waals surface area contributed by atoms with Gasteiger partial charge < -0.3 is 5.73 Å². The van der Waals surface area contributed by atoms with Crippen molar-refractivity contribution in [2.75, 3.05) is 0 Å². The second kappa shape index (κ2) is 5.80. The molecule has 1 nitrogen and oxygen atoms in total. The normalized spacial score (nSPS) is 12.4. The minimum Gasteiger partial charge on any atom is -0.324 e. The molecule has 0 radical (unpaired) electrons. The third-order valence-corrected chi connectivity index (χ3v) is 3.86. The van der Waals surface area contributed by atoms with E-state index in [0.29, 0.717) is 0 Å². The Bertz CT molecular complexity index is 511. The molecule has 17 heavy (non-hydrogen) atoms. The van der Waals surface area contributed by atoms with Crippen LogP contribution in [0.5, 0.6) is 0 Å². The second-order valence-corrected chi connectivity index (χ2v) is 5.73. The minimum atomic E-state index is 0.0138. The van der Waals surface area contributed by atoms with Crippen LogP contribution in [0.15, 0.2) is 57.5 Å². The first-order chi connectivity index (χ1) is 8.16. The lowest BCUT2D eigenvalue weighted by molar-refractivity contribution is 0.718.